The van der Waals surface area contributed by atoms with E-state index >= 15 is 0 Å². The molecule has 160 valence electrons. The molecule has 2 aliphatic rings. The van der Waals surface area contributed by atoms with E-state index in [-0.39, 0.29) is 42.4 Å². The minimum Gasteiger partial charge on any atom is -0.434 e. The quantitative estimate of drug-likeness (QED) is 0.299. The first-order chi connectivity index (χ1) is 13.2. The summed E-state index contributed by atoms with van der Waals surface area (Å²) in [4.78, 5) is 26.2. The normalized spacial score (nSPS) is 25.3. The Bertz CT molecular complexity index is 593. The number of hydrogen-bond donors (Lipinski definition) is 0. The fourth-order valence-corrected chi connectivity index (χ4v) is 7.24. The number of ether oxygens (including phenoxy) is 2. The summed E-state index contributed by atoms with van der Waals surface area (Å²) in [6.45, 7) is 15.2. The van der Waals surface area contributed by atoms with Crippen molar-refractivity contribution in [2.75, 3.05) is 13.2 Å². The van der Waals surface area contributed by atoms with Crippen LogP contribution in [0.1, 0.15) is 48.5 Å². The summed E-state index contributed by atoms with van der Waals surface area (Å²) in [6.07, 6.45) is 1.12. The monoisotopic (exact) mass is 411 g/mol. The van der Waals surface area contributed by atoms with Crippen LogP contribution in [0.15, 0.2) is 11.8 Å². The zero-order valence-electron chi connectivity index (χ0n) is 18.5. The predicted molar refractivity (Wildman–Crippen MR) is 111 cm³/mol. The molecule has 2 heterocycles. The molecule has 7 heteroatoms. The van der Waals surface area contributed by atoms with Gasteiger partial charge in [-0.1, -0.05) is 41.5 Å². The largest absolute Gasteiger partial charge is 0.508 e. The number of hydrogen-bond acceptors (Lipinski definition) is 5. The maximum atomic E-state index is 12.7. The molecular weight excluding hydrogens is 374 g/mol. The van der Waals surface area contributed by atoms with Gasteiger partial charge >= 0.3 is 6.16 Å². The van der Waals surface area contributed by atoms with Gasteiger partial charge in [-0.15, -0.1) is 0 Å². The van der Waals surface area contributed by atoms with Crippen molar-refractivity contribution in [2.45, 2.75) is 78.7 Å². The van der Waals surface area contributed by atoms with Gasteiger partial charge in [0.05, 0.1) is 24.7 Å². The second-order valence-electron chi connectivity index (χ2n) is 8.56. The summed E-state index contributed by atoms with van der Waals surface area (Å²) in [7, 11) is -1.76. The standard InChI is InChI=1S/C21H37NO5Si/c1-8-28(9-2,10-3)27-16(7)18-19-15(6)17(11-22(19)20(18)23)13-26-21(24)25-12-14(4)5/h11,14-16,18-19H,8-10,12-13H2,1-7H3/t15-,16+,18+,19+/m0/s1. The first-order valence-electron chi connectivity index (χ1n) is 10.7. The lowest BCUT2D eigenvalue weighted by atomic mass is 9.78. The van der Waals surface area contributed by atoms with E-state index in [1.165, 1.54) is 0 Å². The molecule has 0 bridgehead atoms. The van der Waals surface area contributed by atoms with E-state index in [4.69, 9.17) is 13.9 Å². The highest BCUT2D eigenvalue weighted by Gasteiger charge is 2.56. The van der Waals surface area contributed by atoms with Crippen LogP contribution in [0.3, 0.4) is 0 Å². The van der Waals surface area contributed by atoms with Gasteiger partial charge in [0, 0.05) is 12.1 Å². The molecule has 0 aromatic rings. The van der Waals surface area contributed by atoms with Crippen LogP contribution in [0, 0.1) is 17.8 Å². The molecule has 0 aliphatic carbocycles. The lowest BCUT2D eigenvalue weighted by Crippen LogP contribution is -2.63. The molecule has 0 radical (unpaired) electrons. The smallest absolute Gasteiger partial charge is 0.434 e. The van der Waals surface area contributed by atoms with Crippen molar-refractivity contribution < 1.29 is 23.5 Å². The van der Waals surface area contributed by atoms with Crippen LogP contribution in [0.5, 0.6) is 0 Å². The fraction of sp³-hybridized carbons (Fsp3) is 0.810. The molecule has 0 N–H and O–H groups in total. The van der Waals surface area contributed by atoms with E-state index in [1.54, 1.807) is 4.90 Å². The van der Waals surface area contributed by atoms with Crippen LogP contribution >= 0.6 is 0 Å². The average molecular weight is 412 g/mol. The van der Waals surface area contributed by atoms with Gasteiger partial charge in [-0.05, 0) is 36.5 Å². The molecule has 1 fully saturated rings. The highest BCUT2D eigenvalue weighted by molar-refractivity contribution is 6.73. The number of carbonyl (C=O) groups is 2. The molecule has 0 aromatic carbocycles. The molecule has 4 atom stereocenters. The van der Waals surface area contributed by atoms with Crippen molar-refractivity contribution in [1.29, 1.82) is 0 Å². The van der Waals surface area contributed by atoms with Crippen molar-refractivity contribution in [3.63, 3.8) is 0 Å². The van der Waals surface area contributed by atoms with Crippen molar-refractivity contribution in [2.24, 2.45) is 17.8 Å². The Kier molecular flexibility index (Phi) is 7.73. The Labute approximate surface area is 170 Å². The first-order valence-corrected chi connectivity index (χ1v) is 13.2. The lowest BCUT2D eigenvalue weighted by molar-refractivity contribution is -0.157. The molecule has 1 saturated heterocycles. The molecule has 0 unspecified atom stereocenters. The zero-order chi connectivity index (χ0) is 21.1. The third kappa shape index (κ3) is 4.62. The Morgan fingerprint density at radius 3 is 2.29 bits per heavy atom. The van der Waals surface area contributed by atoms with E-state index in [9.17, 15) is 9.59 Å². The number of fused-ring (bicyclic) bond motifs is 1. The molecule has 0 saturated carbocycles. The Morgan fingerprint density at radius 2 is 1.75 bits per heavy atom. The SMILES string of the molecule is CC[Si](CC)(CC)O[C@H](C)[C@H]1C(=O)N2C=C(COC(=O)OCC(C)C)[C@H](C)[C@H]12. The summed E-state index contributed by atoms with van der Waals surface area (Å²) >= 11 is 0. The van der Waals surface area contributed by atoms with Crippen LogP contribution in [0.25, 0.3) is 0 Å². The van der Waals surface area contributed by atoms with Crippen LogP contribution < -0.4 is 0 Å². The van der Waals surface area contributed by atoms with Crippen molar-refractivity contribution in [3.05, 3.63) is 11.8 Å². The molecule has 0 aromatic heterocycles. The first kappa shape index (κ1) is 22.9. The molecule has 6 nitrogen and oxygen atoms in total. The van der Waals surface area contributed by atoms with Crippen LogP contribution in [-0.2, 0) is 18.7 Å². The maximum Gasteiger partial charge on any atom is 0.508 e. The molecule has 0 spiro atoms. The Morgan fingerprint density at radius 1 is 1.14 bits per heavy atom. The Balaban J connectivity index is 1.94. The minimum absolute atomic E-state index is 0.0765. The van der Waals surface area contributed by atoms with Gasteiger partial charge in [0.25, 0.3) is 0 Å². The third-order valence-electron chi connectivity index (χ3n) is 6.40. The second-order valence-corrected chi connectivity index (χ2v) is 13.3. The van der Waals surface area contributed by atoms with Gasteiger partial charge < -0.3 is 18.8 Å². The number of β-lactam (4-membered cyclic amide) rings is 1. The fourth-order valence-electron chi connectivity index (χ4n) is 4.31. The van der Waals surface area contributed by atoms with E-state index < -0.39 is 14.5 Å². The van der Waals surface area contributed by atoms with Gasteiger partial charge in [0.1, 0.15) is 6.61 Å². The number of nitrogens with zero attached hydrogens (tertiary/aromatic N) is 1. The van der Waals surface area contributed by atoms with Gasteiger partial charge in [-0.2, -0.15) is 0 Å². The highest BCUT2D eigenvalue weighted by Crippen LogP contribution is 2.44. The van der Waals surface area contributed by atoms with Gasteiger partial charge in [0.15, 0.2) is 8.32 Å². The van der Waals surface area contributed by atoms with E-state index in [2.05, 4.69) is 27.7 Å². The Hall–Kier alpha value is -1.34. The van der Waals surface area contributed by atoms with Gasteiger partial charge in [0.2, 0.25) is 5.91 Å². The third-order valence-corrected chi connectivity index (χ3v) is 11.1. The summed E-state index contributed by atoms with van der Waals surface area (Å²) in [5, 5.41) is 0. The lowest BCUT2D eigenvalue weighted by Gasteiger charge is -2.48. The summed E-state index contributed by atoms with van der Waals surface area (Å²) in [5.74, 6) is 0.415. The maximum absolute atomic E-state index is 12.7. The number of amides is 1. The van der Waals surface area contributed by atoms with Crippen LogP contribution in [0.2, 0.25) is 18.1 Å². The van der Waals surface area contributed by atoms with Crippen LogP contribution in [-0.4, -0.2) is 50.6 Å². The van der Waals surface area contributed by atoms with E-state index in [0.29, 0.717) is 6.61 Å². The predicted octanol–water partition coefficient (Wildman–Crippen LogP) is 4.57. The van der Waals surface area contributed by atoms with Gasteiger partial charge in [-0.25, -0.2) is 4.79 Å². The van der Waals surface area contributed by atoms with Gasteiger partial charge in [-0.3, -0.25) is 4.79 Å². The molecule has 1 amide bonds. The van der Waals surface area contributed by atoms with E-state index in [1.807, 2.05) is 27.0 Å². The molecule has 2 aliphatic heterocycles. The zero-order valence-corrected chi connectivity index (χ0v) is 19.5. The number of rotatable bonds is 10. The summed E-state index contributed by atoms with van der Waals surface area (Å²) in [6, 6.07) is 3.33. The van der Waals surface area contributed by atoms with E-state index in [0.717, 1.165) is 23.7 Å². The molecule has 2 rings (SSSR count). The topological polar surface area (TPSA) is 65.1 Å². The second kappa shape index (κ2) is 9.44. The van der Waals surface area contributed by atoms with Crippen molar-refractivity contribution in [1.82, 2.24) is 4.90 Å². The van der Waals surface area contributed by atoms with Crippen LogP contribution in [0.4, 0.5) is 4.79 Å². The van der Waals surface area contributed by atoms with Crippen molar-refractivity contribution >= 4 is 20.4 Å². The summed E-state index contributed by atoms with van der Waals surface area (Å²) in [5.41, 5.74) is 0.958. The highest BCUT2D eigenvalue weighted by atomic mass is 28.4. The average Bonchev–Trinajstić information content (AvgIpc) is 2.95. The molecule has 28 heavy (non-hydrogen) atoms. The van der Waals surface area contributed by atoms with Crippen molar-refractivity contribution in [3.8, 4) is 0 Å². The molecular formula is C21H37NO5Si. The minimum atomic E-state index is -1.76. The summed E-state index contributed by atoms with van der Waals surface area (Å²) < 4.78 is 16.9. The number of carbonyl (C=O) groups excluding carboxylic acids is 2.